The molecular formula is C14H20N6OS. The number of hydrogen-bond donors (Lipinski definition) is 0. The predicted molar refractivity (Wildman–Crippen MR) is 84.0 cm³/mol. The van der Waals surface area contributed by atoms with Crippen LogP contribution in [0.4, 0.5) is 0 Å². The first-order chi connectivity index (χ1) is 10.6. The number of hydrogen-bond acceptors (Lipinski definition) is 6. The maximum absolute atomic E-state index is 12.5. The zero-order chi connectivity index (χ0) is 15.5. The highest BCUT2D eigenvalue weighted by Crippen LogP contribution is 2.20. The summed E-state index contributed by atoms with van der Waals surface area (Å²) in [6.07, 6.45) is 3.28. The summed E-state index contributed by atoms with van der Waals surface area (Å²) in [5, 5.41) is 5.06. The lowest BCUT2D eigenvalue weighted by molar-refractivity contribution is 0.0636. The molecule has 7 nitrogen and oxygen atoms in total. The molecule has 118 valence electrons. The monoisotopic (exact) mass is 320 g/mol. The van der Waals surface area contributed by atoms with Crippen molar-refractivity contribution in [3.8, 4) is 0 Å². The number of aromatic nitrogens is 4. The summed E-state index contributed by atoms with van der Waals surface area (Å²) >= 11 is 1.49. The van der Waals surface area contributed by atoms with Crippen molar-refractivity contribution in [2.45, 2.75) is 20.4 Å². The maximum atomic E-state index is 12.5. The minimum absolute atomic E-state index is 0.124. The molecule has 2 aromatic rings. The van der Waals surface area contributed by atoms with E-state index in [1.807, 2.05) is 23.4 Å². The van der Waals surface area contributed by atoms with Gasteiger partial charge in [-0.2, -0.15) is 5.10 Å². The Hall–Kier alpha value is -1.80. The second kappa shape index (κ2) is 6.53. The van der Waals surface area contributed by atoms with E-state index in [1.165, 1.54) is 11.3 Å². The van der Waals surface area contributed by atoms with E-state index in [0.717, 1.165) is 54.8 Å². The lowest BCUT2D eigenvalue weighted by Crippen LogP contribution is -2.49. The Morgan fingerprint density at radius 3 is 2.59 bits per heavy atom. The van der Waals surface area contributed by atoms with Gasteiger partial charge in [0, 0.05) is 32.7 Å². The summed E-state index contributed by atoms with van der Waals surface area (Å²) in [5.41, 5.74) is 0.848. The van der Waals surface area contributed by atoms with Crippen LogP contribution in [0.15, 0.2) is 12.7 Å². The molecule has 8 heteroatoms. The molecule has 1 aliphatic heterocycles. The predicted octanol–water partition coefficient (Wildman–Crippen LogP) is 0.809. The van der Waals surface area contributed by atoms with Crippen LogP contribution in [-0.2, 0) is 6.54 Å². The molecule has 0 bridgehead atoms. The Labute approximate surface area is 133 Å². The largest absolute Gasteiger partial charge is 0.335 e. The number of aryl methyl sites for hydroxylation is 2. The number of rotatable bonds is 4. The van der Waals surface area contributed by atoms with Crippen LogP contribution < -0.4 is 0 Å². The third-order valence-corrected chi connectivity index (χ3v) is 4.93. The molecule has 1 amide bonds. The molecule has 1 fully saturated rings. The molecule has 1 aliphatic rings. The minimum Gasteiger partial charge on any atom is -0.335 e. The average molecular weight is 320 g/mol. The van der Waals surface area contributed by atoms with E-state index in [0.29, 0.717) is 0 Å². The van der Waals surface area contributed by atoms with E-state index >= 15 is 0 Å². The van der Waals surface area contributed by atoms with Crippen LogP contribution >= 0.6 is 11.3 Å². The normalized spacial score (nSPS) is 16.2. The second-order valence-corrected chi connectivity index (χ2v) is 6.64. The fourth-order valence-electron chi connectivity index (χ4n) is 2.64. The lowest BCUT2D eigenvalue weighted by Gasteiger charge is -2.34. The molecule has 0 aliphatic carbocycles. The molecular weight excluding hydrogens is 300 g/mol. The van der Waals surface area contributed by atoms with Gasteiger partial charge in [-0.05, 0) is 13.8 Å². The fourth-order valence-corrected chi connectivity index (χ4v) is 3.53. The molecule has 0 aromatic carbocycles. The van der Waals surface area contributed by atoms with Crippen molar-refractivity contribution in [3.63, 3.8) is 0 Å². The van der Waals surface area contributed by atoms with E-state index in [4.69, 9.17) is 0 Å². The van der Waals surface area contributed by atoms with Gasteiger partial charge < -0.3 is 4.90 Å². The summed E-state index contributed by atoms with van der Waals surface area (Å²) in [7, 11) is 0. The third-order valence-electron chi connectivity index (χ3n) is 3.87. The molecule has 0 spiro atoms. The summed E-state index contributed by atoms with van der Waals surface area (Å²) in [6.45, 7) is 8.96. The van der Waals surface area contributed by atoms with Crippen molar-refractivity contribution in [2.75, 3.05) is 32.7 Å². The second-order valence-electron chi connectivity index (χ2n) is 5.44. The van der Waals surface area contributed by atoms with Gasteiger partial charge in [0.05, 0.1) is 17.2 Å². The van der Waals surface area contributed by atoms with Gasteiger partial charge in [-0.1, -0.05) is 0 Å². The van der Waals surface area contributed by atoms with E-state index < -0.39 is 0 Å². The SMILES string of the molecule is Cc1nc(C)c(C(=O)N2CCN(CCn3cncn3)CC2)s1. The molecule has 3 heterocycles. The van der Waals surface area contributed by atoms with E-state index in [-0.39, 0.29) is 5.91 Å². The zero-order valence-corrected chi connectivity index (χ0v) is 13.7. The topological polar surface area (TPSA) is 67.2 Å². The quantitative estimate of drug-likeness (QED) is 0.834. The Balaban J connectivity index is 1.51. The van der Waals surface area contributed by atoms with Crippen molar-refractivity contribution in [1.82, 2.24) is 29.5 Å². The van der Waals surface area contributed by atoms with Gasteiger partial charge in [-0.3, -0.25) is 14.4 Å². The number of nitrogens with zero attached hydrogens (tertiary/aromatic N) is 6. The summed E-state index contributed by atoms with van der Waals surface area (Å²) in [6, 6.07) is 0. The van der Waals surface area contributed by atoms with Crippen LogP contribution in [0.1, 0.15) is 20.4 Å². The molecule has 22 heavy (non-hydrogen) atoms. The van der Waals surface area contributed by atoms with Crippen molar-refractivity contribution >= 4 is 17.2 Å². The van der Waals surface area contributed by atoms with Gasteiger partial charge in [0.1, 0.15) is 17.5 Å². The fraction of sp³-hybridized carbons (Fsp3) is 0.571. The number of carbonyl (C=O) groups is 1. The summed E-state index contributed by atoms with van der Waals surface area (Å²) in [4.78, 5) is 25.9. The van der Waals surface area contributed by atoms with Crippen molar-refractivity contribution in [2.24, 2.45) is 0 Å². The van der Waals surface area contributed by atoms with Gasteiger partial charge in [0.2, 0.25) is 0 Å². The molecule has 0 radical (unpaired) electrons. The summed E-state index contributed by atoms with van der Waals surface area (Å²) in [5.74, 6) is 0.124. The van der Waals surface area contributed by atoms with Crippen LogP contribution in [0.2, 0.25) is 0 Å². The highest BCUT2D eigenvalue weighted by molar-refractivity contribution is 7.13. The smallest absolute Gasteiger partial charge is 0.265 e. The standard InChI is InChI=1S/C14H20N6OS/c1-11-13(22-12(2)17-11)14(21)19-6-3-18(4-7-19)5-8-20-10-15-9-16-20/h9-10H,3-8H2,1-2H3. The highest BCUT2D eigenvalue weighted by atomic mass is 32.1. The van der Waals surface area contributed by atoms with Crippen LogP contribution in [-0.4, -0.2) is 68.2 Å². The zero-order valence-electron chi connectivity index (χ0n) is 12.9. The van der Waals surface area contributed by atoms with Gasteiger partial charge in [-0.25, -0.2) is 9.97 Å². The van der Waals surface area contributed by atoms with Gasteiger partial charge in [-0.15, -0.1) is 11.3 Å². The Bertz CT molecular complexity index is 630. The van der Waals surface area contributed by atoms with Crippen LogP contribution in [0, 0.1) is 13.8 Å². The Morgan fingerprint density at radius 2 is 2.00 bits per heavy atom. The van der Waals surface area contributed by atoms with Crippen molar-refractivity contribution < 1.29 is 4.79 Å². The molecule has 0 N–H and O–H groups in total. The maximum Gasteiger partial charge on any atom is 0.265 e. The number of amides is 1. The Kier molecular flexibility index (Phi) is 4.49. The lowest BCUT2D eigenvalue weighted by atomic mass is 10.2. The third kappa shape index (κ3) is 3.33. The molecule has 3 rings (SSSR count). The highest BCUT2D eigenvalue weighted by Gasteiger charge is 2.24. The van der Waals surface area contributed by atoms with Gasteiger partial charge in [0.25, 0.3) is 5.91 Å². The van der Waals surface area contributed by atoms with Crippen molar-refractivity contribution in [3.05, 3.63) is 28.2 Å². The van der Waals surface area contributed by atoms with E-state index in [2.05, 4.69) is 20.0 Å². The number of piperazine rings is 1. The van der Waals surface area contributed by atoms with Crippen LogP contribution in [0.3, 0.4) is 0 Å². The number of carbonyl (C=O) groups excluding carboxylic acids is 1. The molecule has 0 saturated carbocycles. The first kappa shape index (κ1) is 15.1. The molecule has 0 unspecified atom stereocenters. The Morgan fingerprint density at radius 1 is 1.23 bits per heavy atom. The molecule has 0 atom stereocenters. The van der Waals surface area contributed by atoms with E-state index in [1.54, 1.807) is 12.7 Å². The van der Waals surface area contributed by atoms with Gasteiger partial charge >= 0.3 is 0 Å². The molecule has 1 saturated heterocycles. The van der Waals surface area contributed by atoms with Gasteiger partial charge in [0.15, 0.2) is 0 Å². The first-order valence-electron chi connectivity index (χ1n) is 7.41. The molecule has 2 aromatic heterocycles. The van der Waals surface area contributed by atoms with Crippen LogP contribution in [0.25, 0.3) is 0 Å². The van der Waals surface area contributed by atoms with E-state index in [9.17, 15) is 4.79 Å². The van der Waals surface area contributed by atoms with Crippen LogP contribution in [0.5, 0.6) is 0 Å². The van der Waals surface area contributed by atoms with Crippen molar-refractivity contribution in [1.29, 1.82) is 0 Å². The minimum atomic E-state index is 0.124. The summed E-state index contributed by atoms with van der Waals surface area (Å²) < 4.78 is 1.83. The number of thiazole rings is 1. The first-order valence-corrected chi connectivity index (χ1v) is 8.23. The average Bonchev–Trinajstić information content (AvgIpc) is 3.14.